The Bertz CT molecular complexity index is 642. The maximum atomic E-state index is 14.2. The molecule has 0 aromatic rings. The molecule has 0 saturated heterocycles. The molecule has 2 aliphatic rings. The van der Waals surface area contributed by atoms with Crippen molar-refractivity contribution in [1.29, 1.82) is 0 Å². The van der Waals surface area contributed by atoms with Gasteiger partial charge in [-0.05, 0) is 46.0 Å². The fraction of sp³-hybridized carbons (Fsp3) is 0.929. The number of alkyl halides is 4. The number of carbonyl (C=O) groups is 1. The van der Waals surface area contributed by atoms with Crippen LogP contribution in [0.4, 0.5) is 22.4 Å². The van der Waals surface area contributed by atoms with Crippen molar-refractivity contribution in [1.82, 2.24) is 0 Å². The molecule has 2 fully saturated rings. The predicted molar refractivity (Wildman–Crippen MR) is 76.9 cm³/mol. The summed E-state index contributed by atoms with van der Waals surface area (Å²) in [5, 5.41) is -5.62. The molecule has 0 amide bonds. The Labute approximate surface area is 142 Å². The molecule has 2 rings (SSSR count). The van der Waals surface area contributed by atoms with E-state index in [-0.39, 0.29) is 19.3 Å². The van der Waals surface area contributed by atoms with Gasteiger partial charge in [0.15, 0.2) is 0 Å². The van der Waals surface area contributed by atoms with Crippen molar-refractivity contribution in [3.05, 3.63) is 0 Å². The molecule has 0 aromatic heterocycles. The minimum Gasteiger partial charge on any atom is -0.431 e. The van der Waals surface area contributed by atoms with E-state index in [0.29, 0.717) is 0 Å². The summed E-state index contributed by atoms with van der Waals surface area (Å²) in [7, 11) is -6.29. The summed E-state index contributed by atoms with van der Waals surface area (Å²) in [6.45, 7) is 4.70. The quantitative estimate of drug-likeness (QED) is 0.448. The van der Waals surface area contributed by atoms with Gasteiger partial charge in [-0.2, -0.15) is 26.0 Å². The van der Waals surface area contributed by atoms with Gasteiger partial charge in [0.25, 0.3) is 0 Å². The van der Waals surface area contributed by atoms with Crippen molar-refractivity contribution in [3.63, 3.8) is 0 Å². The number of hydrogen-bond donors (Lipinski definition) is 1. The van der Waals surface area contributed by atoms with E-state index in [1.54, 1.807) is 20.8 Å². The molecule has 11 heteroatoms. The van der Waals surface area contributed by atoms with Crippen molar-refractivity contribution < 1.29 is 44.8 Å². The molecular formula is C14H20F4O6S. The number of ether oxygens (including phenoxy) is 2. The summed E-state index contributed by atoms with van der Waals surface area (Å²) < 4.78 is 95.3. The van der Waals surface area contributed by atoms with Crippen LogP contribution in [0.3, 0.4) is 0 Å². The fourth-order valence-corrected chi connectivity index (χ4v) is 4.12. The maximum Gasteiger partial charge on any atom is 0.509 e. The van der Waals surface area contributed by atoms with E-state index in [2.05, 4.69) is 0 Å². The first-order valence-corrected chi connectivity index (χ1v) is 9.12. The van der Waals surface area contributed by atoms with Crippen molar-refractivity contribution in [2.75, 3.05) is 0 Å². The highest BCUT2D eigenvalue weighted by Crippen LogP contribution is 2.58. The Morgan fingerprint density at radius 3 is 2.08 bits per heavy atom. The number of carbonyl (C=O) groups excluding carboxylic acids is 1. The third-order valence-electron chi connectivity index (χ3n) is 4.57. The first kappa shape index (κ1) is 20.2. The minimum absolute atomic E-state index is 0.106. The van der Waals surface area contributed by atoms with Gasteiger partial charge < -0.3 is 9.47 Å². The van der Waals surface area contributed by atoms with E-state index >= 15 is 0 Å². The Morgan fingerprint density at radius 2 is 1.64 bits per heavy atom. The largest absolute Gasteiger partial charge is 0.509 e. The van der Waals surface area contributed by atoms with Crippen LogP contribution in [-0.4, -0.2) is 42.0 Å². The third kappa shape index (κ3) is 3.71. The summed E-state index contributed by atoms with van der Waals surface area (Å²) in [6, 6.07) is 0. The second-order valence-corrected chi connectivity index (χ2v) is 9.04. The van der Waals surface area contributed by atoms with Gasteiger partial charge in [0.1, 0.15) is 11.7 Å². The molecule has 4 unspecified atom stereocenters. The normalized spacial score (nSPS) is 30.4. The molecule has 146 valence electrons. The second kappa shape index (κ2) is 5.97. The van der Waals surface area contributed by atoms with E-state index < -0.39 is 56.9 Å². The maximum absolute atomic E-state index is 14.2. The lowest BCUT2D eigenvalue weighted by molar-refractivity contribution is -0.210. The van der Waals surface area contributed by atoms with Crippen LogP contribution in [0.15, 0.2) is 0 Å². The van der Waals surface area contributed by atoms with Gasteiger partial charge in [0.05, 0.1) is 0 Å². The summed E-state index contributed by atoms with van der Waals surface area (Å²) in [6.07, 6.45) is -2.18. The monoisotopic (exact) mass is 392 g/mol. The lowest BCUT2D eigenvalue weighted by Gasteiger charge is -2.36. The Morgan fingerprint density at radius 1 is 1.08 bits per heavy atom. The molecule has 6 nitrogen and oxygen atoms in total. The Kier molecular flexibility index (Phi) is 4.83. The fourth-order valence-electron chi connectivity index (χ4n) is 3.62. The number of rotatable bonds is 4. The highest BCUT2D eigenvalue weighted by Gasteiger charge is 2.72. The Balaban J connectivity index is 2.16. The lowest BCUT2D eigenvalue weighted by Crippen LogP contribution is -2.54. The molecule has 0 aliphatic heterocycles. The highest BCUT2D eigenvalue weighted by atomic mass is 32.2. The van der Waals surface area contributed by atoms with E-state index in [4.69, 9.17) is 14.0 Å². The number of fused-ring (bicyclic) bond motifs is 2. The van der Waals surface area contributed by atoms with Crippen molar-refractivity contribution in [2.45, 2.75) is 62.9 Å². The van der Waals surface area contributed by atoms with Crippen molar-refractivity contribution >= 4 is 16.3 Å². The summed E-state index contributed by atoms with van der Waals surface area (Å²) in [5.74, 6) is -8.56. The van der Waals surface area contributed by atoms with Gasteiger partial charge in [0.2, 0.25) is 0 Å². The van der Waals surface area contributed by atoms with Crippen molar-refractivity contribution in [3.8, 4) is 0 Å². The smallest absolute Gasteiger partial charge is 0.431 e. The van der Waals surface area contributed by atoms with Crippen LogP contribution in [0.2, 0.25) is 0 Å². The first-order valence-electron chi connectivity index (χ1n) is 7.68. The van der Waals surface area contributed by atoms with E-state index in [1.807, 2.05) is 0 Å². The van der Waals surface area contributed by atoms with Crippen LogP contribution >= 0.6 is 0 Å². The molecular weight excluding hydrogens is 372 g/mol. The topological polar surface area (TPSA) is 89.9 Å². The minimum atomic E-state index is -6.29. The summed E-state index contributed by atoms with van der Waals surface area (Å²) in [4.78, 5) is 11.7. The first-order chi connectivity index (χ1) is 11.1. The zero-order valence-corrected chi connectivity index (χ0v) is 14.7. The average molecular weight is 392 g/mol. The molecule has 1 N–H and O–H groups in total. The third-order valence-corrected chi connectivity index (χ3v) is 5.49. The lowest BCUT2D eigenvalue weighted by atomic mass is 9.82. The summed E-state index contributed by atoms with van der Waals surface area (Å²) >= 11 is 0. The van der Waals surface area contributed by atoms with Gasteiger partial charge in [-0.25, -0.2) is 4.79 Å². The number of hydrogen-bond acceptors (Lipinski definition) is 5. The van der Waals surface area contributed by atoms with Gasteiger partial charge in [-0.1, -0.05) is 0 Å². The van der Waals surface area contributed by atoms with E-state index in [0.717, 1.165) is 0 Å². The molecule has 2 saturated carbocycles. The molecule has 4 atom stereocenters. The molecule has 2 aliphatic carbocycles. The van der Waals surface area contributed by atoms with Gasteiger partial charge in [-0.3, -0.25) is 4.55 Å². The average Bonchev–Trinajstić information content (AvgIpc) is 2.94. The highest BCUT2D eigenvalue weighted by molar-refractivity contribution is 7.87. The molecule has 0 heterocycles. The SMILES string of the molecule is CC(C)(C)OC(=O)OC1CC2CC1C(C(F)(F)C(F)(F)S(=O)(=O)O)C2. The zero-order valence-electron chi connectivity index (χ0n) is 13.8. The van der Waals surface area contributed by atoms with Crippen LogP contribution < -0.4 is 0 Å². The molecule has 25 heavy (non-hydrogen) atoms. The van der Waals surface area contributed by atoms with Gasteiger partial charge in [-0.15, -0.1) is 0 Å². The van der Waals surface area contributed by atoms with Crippen LogP contribution in [0.5, 0.6) is 0 Å². The summed E-state index contributed by atoms with van der Waals surface area (Å²) in [5.41, 5.74) is -0.879. The van der Waals surface area contributed by atoms with Gasteiger partial charge in [0, 0.05) is 11.8 Å². The predicted octanol–water partition coefficient (Wildman–Crippen LogP) is 3.47. The standard InChI is InChI=1S/C14H20F4O6S/c1-12(2,3)24-11(19)23-10-6-7-4-8(10)9(5-7)13(15,16)14(17,18)25(20,21)22/h7-10H,4-6H2,1-3H3,(H,20,21,22). The van der Waals surface area contributed by atoms with Gasteiger partial charge >= 0.3 is 27.5 Å². The van der Waals surface area contributed by atoms with E-state index in [9.17, 15) is 30.8 Å². The Hall–Kier alpha value is -1.10. The van der Waals surface area contributed by atoms with Crippen LogP contribution in [-0.2, 0) is 19.6 Å². The molecule has 2 bridgehead atoms. The van der Waals surface area contributed by atoms with Crippen LogP contribution in [0.25, 0.3) is 0 Å². The van der Waals surface area contributed by atoms with Crippen molar-refractivity contribution in [2.24, 2.45) is 17.8 Å². The number of halogens is 4. The van der Waals surface area contributed by atoms with E-state index in [1.165, 1.54) is 0 Å². The second-order valence-electron chi connectivity index (χ2n) is 7.58. The van der Waals surface area contributed by atoms with Crippen LogP contribution in [0, 0.1) is 17.8 Å². The molecule has 0 aromatic carbocycles. The molecule has 0 radical (unpaired) electrons. The zero-order chi connectivity index (χ0) is 19.4. The van der Waals surface area contributed by atoms with Crippen LogP contribution in [0.1, 0.15) is 40.0 Å². The molecule has 0 spiro atoms.